The van der Waals surface area contributed by atoms with Gasteiger partial charge in [-0.2, -0.15) is 0 Å². The van der Waals surface area contributed by atoms with Crippen LogP contribution in [0.1, 0.15) is 18.1 Å². The first kappa shape index (κ1) is 15.8. The fraction of sp³-hybridized carbons (Fsp3) is 0.357. The highest BCUT2D eigenvalue weighted by Crippen LogP contribution is 2.02. The van der Waals surface area contributed by atoms with Crippen molar-refractivity contribution in [2.24, 2.45) is 5.73 Å². The third-order valence-corrected chi connectivity index (χ3v) is 2.75. The van der Waals surface area contributed by atoms with Crippen molar-refractivity contribution >= 4 is 17.7 Å². The Morgan fingerprint density at radius 1 is 1.20 bits per heavy atom. The minimum atomic E-state index is -0.880. The van der Waals surface area contributed by atoms with E-state index in [2.05, 4.69) is 5.32 Å². The predicted octanol–water partition coefficient (Wildman–Crippen LogP) is -0.0550. The van der Waals surface area contributed by atoms with E-state index in [1.807, 2.05) is 31.2 Å². The SMILES string of the molecule is CC(=O)N(CCN)C(=O)C(=O)NCc1ccc(C)cc1. The quantitative estimate of drug-likeness (QED) is 0.754. The van der Waals surface area contributed by atoms with Crippen LogP contribution >= 0.6 is 0 Å². The van der Waals surface area contributed by atoms with E-state index in [0.29, 0.717) is 0 Å². The number of rotatable bonds is 4. The Kier molecular flexibility index (Phi) is 5.86. The number of nitrogens with two attached hydrogens (primary N) is 1. The second-order valence-corrected chi connectivity index (χ2v) is 4.43. The summed E-state index contributed by atoms with van der Waals surface area (Å²) in [5, 5.41) is 2.49. The first-order chi connectivity index (χ1) is 9.45. The van der Waals surface area contributed by atoms with Gasteiger partial charge in [0.15, 0.2) is 0 Å². The van der Waals surface area contributed by atoms with Gasteiger partial charge in [0.1, 0.15) is 0 Å². The van der Waals surface area contributed by atoms with Crippen molar-refractivity contribution in [3.8, 4) is 0 Å². The molecule has 0 aromatic heterocycles. The molecule has 108 valence electrons. The normalized spacial score (nSPS) is 9.95. The summed E-state index contributed by atoms with van der Waals surface area (Å²) in [5.74, 6) is -2.18. The first-order valence-electron chi connectivity index (χ1n) is 6.31. The van der Waals surface area contributed by atoms with Gasteiger partial charge in [0.25, 0.3) is 0 Å². The van der Waals surface area contributed by atoms with Crippen LogP contribution in [0.15, 0.2) is 24.3 Å². The van der Waals surface area contributed by atoms with Gasteiger partial charge in [0, 0.05) is 26.6 Å². The molecule has 6 heteroatoms. The van der Waals surface area contributed by atoms with Crippen molar-refractivity contribution in [3.05, 3.63) is 35.4 Å². The number of carbonyl (C=O) groups is 3. The van der Waals surface area contributed by atoms with E-state index in [0.717, 1.165) is 16.0 Å². The summed E-state index contributed by atoms with van der Waals surface area (Å²) in [6.45, 7) is 3.58. The number of hydrogen-bond donors (Lipinski definition) is 2. The number of nitrogens with one attached hydrogen (secondary N) is 1. The van der Waals surface area contributed by atoms with Crippen LogP contribution in [0.25, 0.3) is 0 Å². The smallest absolute Gasteiger partial charge is 0.318 e. The lowest BCUT2D eigenvalue weighted by Gasteiger charge is -2.17. The van der Waals surface area contributed by atoms with E-state index < -0.39 is 17.7 Å². The van der Waals surface area contributed by atoms with Crippen molar-refractivity contribution in [2.45, 2.75) is 20.4 Å². The Morgan fingerprint density at radius 2 is 1.80 bits per heavy atom. The summed E-state index contributed by atoms with van der Waals surface area (Å²) in [6, 6.07) is 7.56. The topological polar surface area (TPSA) is 92.5 Å². The summed E-state index contributed by atoms with van der Waals surface area (Å²) in [6.07, 6.45) is 0. The highest BCUT2D eigenvalue weighted by molar-refractivity contribution is 6.37. The van der Waals surface area contributed by atoms with E-state index >= 15 is 0 Å². The Bertz CT molecular complexity index is 497. The maximum atomic E-state index is 11.8. The Labute approximate surface area is 117 Å². The van der Waals surface area contributed by atoms with Gasteiger partial charge >= 0.3 is 11.8 Å². The van der Waals surface area contributed by atoms with Gasteiger partial charge in [-0.25, -0.2) is 0 Å². The lowest BCUT2D eigenvalue weighted by molar-refractivity contribution is -0.151. The molecule has 0 unspecified atom stereocenters. The number of aryl methyl sites for hydroxylation is 1. The maximum Gasteiger partial charge on any atom is 0.318 e. The fourth-order valence-electron chi connectivity index (χ4n) is 1.62. The minimum Gasteiger partial charge on any atom is -0.344 e. The molecule has 1 aromatic carbocycles. The largest absolute Gasteiger partial charge is 0.344 e. The molecule has 0 aliphatic heterocycles. The molecule has 6 nitrogen and oxygen atoms in total. The van der Waals surface area contributed by atoms with Gasteiger partial charge < -0.3 is 11.1 Å². The van der Waals surface area contributed by atoms with Crippen LogP contribution in [-0.4, -0.2) is 35.7 Å². The van der Waals surface area contributed by atoms with Crippen LogP contribution in [0.2, 0.25) is 0 Å². The third-order valence-electron chi connectivity index (χ3n) is 2.75. The van der Waals surface area contributed by atoms with Crippen LogP contribution in [0.4, 0.5) is 0 Å². The minimum absolute atomic E-state index is 0.0338. The zero-order valence-corrected chi connectivity index (χ0v) is 11.7. The molecule has 0 atom stereocenters. The van der Waals surface area contributed by atoms with Gasteiger partial charge in [-0.05, 0) is 12.5 Å². The van der Waals surface area contributed by atoms with Gasteiger partial charge in [-0.3, -0.25) is 19.3 Å². The second kappa shape index (κ2) is 7.40. The monoisotopic (exact) mass is 277 g/mol. The van der Waals surface area contributed by atoms with Gasteiger partial charge in [0.2, 0.25) is 5.91 Å². The summed E-state index contributed by atoms with van der Waals surface area (Å²) < 4.78 is 0. The fourth-order valence-corrected chi connectivity index (χ4v) is 1.62. The molecule has 3 N–H and O–H groups in total. The van der Waals surface area contributed by atoms with E-state index in [9.17, 15) is 14.4 Å². The average molecular weight is 277 g/mol. The lowest BCUT2D eigenvalue weighted by atomic mass is 10.1. The summed E-state index contributed by atoms with van der Waals surface area (Å²) in [7, 11) is 0. The molecule has 0 spiro atoms. The summed E-state index contributed by atoms with van der Waals surface area (Å²) in [5.41, 5.74) is 7.30. The van der Waals surface area contributed by atoms with E-state index in [1.165, 1.54) is 6.92 Å². The summed E-state index contributed by atoms with van der Waals surface area (Å²) in [4.78, 5) is 35.6. The lowest BCUT2D eigenvalue weighted by Crippen LogP contribution is -2.46. The van der Waals surface area contributed by atoms with Crippen molar-refractivity contribution in [1.29, 1.82) is 0 Å². The highest BCUT2D eigenvalue weighted by atomic mass is 16.2. The third kappa shape index (κ3) is 4.47. The van der Waals surface area contributed by atoms with Crippen LogP contribution in [0.3, 0.4) is 0 Å². The molecule has 0 bridgehead atoms. The molecule has 0 saturated heterocycles. The van der Waals surface area contributed by atoms with Gasteiger partial charge in [0.05, 0.1) is 0 Å². The number of benzene rings is 1. The molecule has 0 heterocycles. The van der Waals surface area contributed by atoms with E-state index in [-0.39, 0.29) is 19.6 Å². The molecular weight excluding hydrogens is 258 g/mol. The molecule has 0 saturated carbocycles. The van der Waals surface area contributed by atoms with Gasteiger partial charge in [-0.15, -0.1) is 0 Å². The van der Waals surface area contributed by atoms with E-state index in [4.69, 9.17) is 5.73 Å². The average Bonchev–Trinajstić information content (AvgIpc) is 2.42. The van der Waals surface area contributed by atoms with Crippen LogP contribution in [-0.2, 0) is 20.9 Å². The van der Waals surface area contributed by atoms with Crippen LogP contribution in [0, 0.1) is 6.92 Å². The second-order valence-electron chi connectivity index (χ2n) is 4.43. The van der Waals surface area contributed by atoms with E-state index in [1.54, 1.807) is 0 Å². The molecule has 0 radical (unpaired) electrons. The molecule has 0 fully saturated rings. The zero-order chi connectivity index (χ0) is 15.1. The molecule has 0 aliphatic rings. The number of imide groups is 1. The predicted molar refractivity (Wildman–Crippen MR) is 74.5 cm³/mol. The van der Waals surface area contributed by atoms with Crippen LogP contribution in [0.5, 0.6) is 0 Å². The van der Waals surface area contributed by atoms with Crippen molar-refractivity contribution in [1.82, 2.24) is 10.2 Å². The van der Waals surface area contributed by atoms with Crippen molar-refractivity contribution in [2.75, 3.05) is 13.1 Å². The molecule has 0 aliphatic carbocycles. The number of nitrogens with zero attached hydrogens (tertiary/aromatic N) is 1. The molecule has 1 rings (SSSR count). The number of hydrogen-bond acceptors (Lipinski definition) is 4. The Hall–Kier alpha value is -2.21. The Morgan fingerprint density at radius 3 is 2.30 bits per heavy atom. The summed E-state index contributed by atoms with van der Waals surface area (Å²) >= 11 is 0. The molecule has 3 amide bonds. The van der Waals surface area contributed by atoms with Crippen molar-refractivity contribution < 1.29 is 14.4 Å². The van der Waals surface area contributed by atoms with Crippen molar-refractivity contribution in [3.63, 3.8) is 0 Å². The Balaban J connectivity index is 2.59. The maximum absolute atomic E-state index is 11.8. The highest BCUT2D eigenvalue weighted by Gasteiger charge is 2.23. The molecular formula is C14H19N3O3. The number of amides is 3. The van der Waals surface area contributed by atoms with Gasteiger partial charge in [-0.1, -0.05) is 29.8 Å². The molecule has 20 heavy (non-hydrogen) atoms. The first-order valence-corrected chi connectivity index (χ1v) is 6.31. The number of carbonyl (C=O) groups excluding carboxylic acids is 3. The molecule has 1 aromatic rings. The standard InChI is InChI=1S/C14H19N3O3/c1-10-3-5-12(6-4-10)9-16-13(19)14(20)17(8-7-15)11(2)18/h3-6H,7-9,15H2,1-2H3,(H,16,19). The van der Waals surface area contributed by atoms with Crippen LogP contribution < -0.4 is 11.1 Å². The zero-order valence-electron chi connectivity index (χ0n) is 11.7.